The third kappa shape index (κ3) is 2.98. The topological polar surface area (TPSA) is 49.4 Å². The van der Waals surface area contributed by atoms with Gasteiger partial charge in [-0.1, -0.05) is 11.6 Å². The molecule has 1 aliphatic rings. The average Bonchev–Trinajstić information content (AvgIpc) is 2.26. The van der Waals surface area contributed by atoms with E-state index in [2.05, 4.69) is 5.32 Å². The second-order valence-corrected chi connectivity index (χ2v) is 4.40. The smallest absolute Gasteiger partial charge is 0.352 e. The molecule has 1 heterocycles. The standard InChI is InChI=1S/C11H8ClF3N2O2/c12-7-3-6(11(13,14)15)1-2-8(7)17-4-9(18)16-10(19)5-17/h1-3H,4-5H2,(H,16,18,19). The first-order valence-corrected chi connectivity index (χ1v) is 5.59. The zero-order chi connectivity index (χ0) is 14.2. The fraction of sp³-hybridized carbons (Fsp3) is 0.273. The van der Waals surface area contributed by atoms with Gasteiger partial charge in [-0.3, -0.25) is 14.9 Å². The second-order valence-electron chi connectivity index (χ2n) is 3.99. The Balaban J connectivity index is 2.31. The third-order valence-electron chi connectivity index (χ3n) is 2.56. The lowest BCUT2D eigenvalue weighted by atomic mass is 10.1. The molecule has 1 aliphatic heterocycles. The summed E-state index contributed by atoms with van der Waals surface area (Å²) in [6.07, 6.45) is -4.49. The average molecular weight is 293 g/mol. The zero-order valence-corrected chi connectivity index (χ0v) is 10.2. The van der Waals surface area contributed by atoms with Crippen LogP contribution in [0.25, 0.3) is 0 Å². The molecule has 0 saturated carbocycles. The van der Waals surface area contributed by atoms with Crippen LogP contribution in [0.1, 0.15) is 5.56 Å². The van der Waals surface area contributed by atoms with Gasteiger partial charge in [0.25, 0.3) is 0 Å². The number of piperazine rings is 1. The predicted molar refractivity (Wildman–Crippen MR) is 61.8 cm³/mol. The number of carbonyl (C=O) groups is 2. The molecule has 0 atom stereocenters. The molecule has 0 bridgehead atoms. The van der Waals surface area contributed by atoms with E-state index in [-0.39, 0.29) is 23.8 Å². The molecule has 1 aromatic carbocycles. The van der Waals surface area contributed by atoms with Crippen LogP contribution in [0.3, 0.4) is 0 Å². The van der Waals surface area contributed by atoms with Crippen molar-refractivity contribution in [3.63, 3.8) is 0 Å². The minimum Gasteiger partial charge on any atom is -0.352 e. The van der Waals surface area contributed by atoms with E-state index in [4.69, 9.17) is 11.6 Å². The van der Waals surface area contributed by atoms with E-state index in [1.54, 1.807) is 0 Å². The van der Waals surface area contributed by atoms with Gasteiger partial charge in [-0.2, -0.15) is 13.2 Å². The Morgan fingerprint density at radius 3 is 2.21 bits per heavy atom. The molecule has 1 fully saturated rings. The molecule has 0 spiro atoms. The molecule has 1 N–H and O–H groups in total. The second kappa shape index (κ2) is 4.73. The van der Waals surface area contributed by atoms with Crippen molar-refractivity contribution < 1.29 is 22.8 Å². The van der Waals surface area contributed by atoms with E-state index < -0.39 is 23.6 Å². The first-order valence-electron chi connectivity index (χ1n) is 5.22. The number of nitrogens with one attached hydrogen (secondary N) is 1. The Labute approximate surface area is 111 Å². The van der Waals surface area contributed by atoms with Crippen LogP contribution < -0.4 is 10.2 Å². The highest BCUT2D eigenvalue weighted by Crippen LogP contribution is 2.35. The number of amides is 2. The fourth-order valence-corrected chi connectivity index (χ4v) is 2.05. The molecule has 8 heteroatoms. The molecule has 0 aromatic heterocycles. The number of carbonyl (C=O) groups excluding carboxylic acids is 2. The lowest BCUT2D eigenvalue weighted by Crippen LogP contribution is -2.51. The first kappa shape index (κ1) is 13.7. The SMILES string of the molecule is O=C1CN(c2ccc(C(F)(F)F)cc2Cl)CC(=O)N1. The molecule has 102 valence electrons. The zero-order valence-electron chi connectivity index (χ0n) is 9.42. The Hall–Kier alpha value is -1.76. The van der Waals surface area contributed by atoms with Crippen LogP contribution in [0.5, 0.6) is 0 Å². The number of nitrogens with zero attached hydrogens (tertiary/aromatic N) is 1. The first-order chi connectivity index (χ1) is 8.77. The molecule has 0 aliphatic carbocycles. The molecule has 2 rings (SSSR count). The predicted octanol–water partition coefficient (Wildman–Crippen LogP) is 1.82. The maximum absolute atomic E-state index is 12.5. The fourth-order valence-electron chi connectivity index (χ4n) is 1.75. The highest BCUT2D eigenvalue weighted by atomic mass is 35.5. The van der Waals surface area contributed by atoms with Gasteiger partial charge in [-0.05, 0) is 18.2 Å². The molecule has 0 unspecified atom stereocenters. The van der Waals surface area contributed by atoms with Gasteiger partial charge in [0.2, 0.25) is 11.8 Å². The van der Waals surface area contributed by atoms with Crippen molar-refractivity contribution in [2.45, 2.75) is 6.18 Å². The number of halogens is 4. The summed E-state index contributed by atoms with van der Waals surface area (Å²) in [4.78, 5) is 23.7. The number of hydrogen-bond donors (Lipinski definition) is 1. The Morgan fingerprint density at radius 2 is 1.74 bits per heavy atom. The van der Waals surface area contributed by atoms with Crippen molar-refractivity contribution in [2.24, 2.45) is 0 Å². The van der Waals surface area contributed by atoms with Gasteiger partial charge in [-0.25, -0.2) is 0 Å². The summed E-state index contributed by atoms with van der Waals surface area (Å²) in [5.74, 6) is -1.04. The van der Waals surface area contributed by atoms with Crippen LogP contribution in [0.2, 0.25) is 5.02 Å². The highest BCUT2D eigenvalue weighted by molar-refractivity contribution is 6.33. The molecular weight excluding hydrogens is 285 g/mol. The maximum Gasteiger partial charge on any atom is 0.416 e. The van der Waals surface area contributed by atoms with Crippen LogP contribution >= 0.6 is 11.6 Å². The van der Waals surface area contributed by atoms with Gasteiger partial charge >= 0.3 is 6.18 Å². The Morgan fingerprint density at radius 1 is 1.16 bits per heavy atom. The minimum absolute atomic E-state index is 0.128. The van der Waals surface area contributed by atoms with Crippen LogP contribution in [0, 0.1) is 0 Å². The summed E-state index contributed by atoms with van der Waals surface area (Å²) < 4.78 is 37.4. The number of imide groups is 1. The van der Waals surface area contributed by atoms with Crippen molar-refractivity contribution in [2.75, 3.05) is 18.0 Å². The van der Waals surface area contributed by atoms with E-state index in [1.807, 2.05) is 0 Å². The largest absolute Gasteiger partial charge is 0.416 e. The highest BCUT2D eigenvalue weighted by Gasteiger charge is 2.32. The molecule has 4 nitrogen and oxygen atoms in total. The normalized spacial score (nSPS) is 16.5. The summed E-state index contributed by atoms with van der Waals surface area (Å²) in [5, 5.41) is 1.94. The van der Waals surface area contributed by atoms with Gasteiger partial charge in [0.05, 0.1) is 29.4 Å². The van der Waals surface area contributed by atoms with E-state index in [0.29, 0.717) is 0 Å². The van der Waals surface area contributed by atoms with Crippen LogP contribution in [0.15, 0.2) is 18.2 Å². The van der Waals surface area contributed by atoms with Crippen LogP contribution in [-0.2, 0) is 15.8 Å². The van der Waals surface area contributed by atoms with E-state index >= 15 is 0 Å². The molecule has 19 heavy (non-hydrogen) atoms. The van der Waals surface area contributed by atoms with E-state index in [0.717, 1.165) is 18.2 Å². The lowest BCUT2D eigenvalue weighted by Gasteiger charge is -2.28. The summed E-state index contributed by atoms with van der Waals surface area (Å²) in [6, 6.07) is 2.78. The van der Waals surface area contributed by atoms with Gasteiger partial charge in [0.15, 0.2) is 0 Å². The monoisotopic (exact) mass is 292 g/mol. The quantitative estimate of drug-likeness (QED) is 0.803. The summed E-state index contributed by atoms with van der Waals surface area (Å²) in [5.41, 5.74) is -0.660. The van der Waals surface area contributed by atoms with E-state index in [1.165, 1.54) is 4.90 Å². The van der Waals surface area contributed by atoms with E-state index in [9.17, 15) is 22.8 Å². The summed E-state index contributed by atoms with van der Waals surface area (Å²) in [6.45, 7) is -0.256. The summed E-state index contributed by atoms with van der Waals surface area (Å²) in [7, 11) is 0. The number of rotatable bonds is 1. The van der Waals surface area contributed by atoms with Crippen LogP contribution in [-0.4, -0.2) is 24.9 Å². The van der Waals surface area contributed by atoms with Gasteiger partial charge < -0.3 is 4.90 Å². The summed E-state index contributed by atoms with van der Waals surface area (Å²) >= 11 is 5.78. The van der Waals surface area contributed by atoms with Gasteiger partial charge in [0, 0.05) is 0 Å². The molecular formula is C11H8ClF3N2O2. The van der Waals surface area contributed by atoms with Crippen molar-refractivity contribution in [1.82, 2.24) is 5.32 Å². The van der Waals surface area contributed by atoms with Crippen molar-refractivity contribution in [3.05, 3.63) is 28.8 Å². The number of hydrogen-bond acceptors (Lipinski definition) is 3. The molecule has 2 amide bonds. The van der Waals surface area contributed by atoms with Crippen molar-refractivity contribution in [1.29, 1.82) is 0 Å². The third-order valence-corrected chi connectivity index (χ3v) is 2.87. The van der Waals surface area contributed by atoms with Gasteiger partial charge in [-0.15, -0.1) is 0 Å². The Kier molecular flexibility index (Phi) is 3.40. The van der Waals surface area contributed by atoms with Crippen molar-refractivity contribution >= 4 is 29.1 Å². The Bertz CT molecular complexity index is 529. The minimum atomic E-state index is -4.49. The number of anilines is 1. The number of alkyl halides is 3. The molecule has 1 aromatic rings. The molecule has 0 radical (unpaired) electrons. The molecule has 1 saturated heterocycles. The number of benzene rings is 1. The maximum atomic E-state index is 12.5. The lowest BCUT2D eigenvalue weighted by molar-refractivity contribution is -0.137. The van der Waals surface area contributed by atoms with Crippen LogP contribution in [0.4, 0.5) is 18.9 Å². The van der Waals surface area contributed by atoms with Crippen molar-refractivity contribution in [3.8, 4) is 0 Å². The van der Waals surface area contributed by atoms with Gasteiger partial charge in [0.1, 0.15) is 0 Å².